The van der Waals surface area contributed by atoms with Gasteiger partial charge >= 0.3 is 23.9 Å². The van der Waals surface area contributed by atoms with Crippen molar-refractivity contribution >= 4 is 23.9 Å². The highest BCUT2D eigenvalue weighted by Gasteiger charge is 2.64. The minimum absolute atomic E-state index is 0.0216. The van der Waals surface area contributed by atoms with Crippen LogP contribution in [0.4, 0.5) is 0 Å². The maximum Gasteiger partial charge on any atom is 0.336 e. The third-order valence-corrected chi connectivity index (χ3v) is 9.71. The fourth-order valence-electron chi connectivity index (χ4n) is 6.64. The molecular weight excluding hydrogens is 644 g/mol. The van der Waals surface area contributed by atoms with Gasteiger partial charge in [0.25, 0.3) is 5.41 Å². The molecule has 0 amide bonds. The van der Waals surface area contributed by atoms with Crippen LogP contribution in [0.15, 0.2) is 0 Å². The van der Waals surface area contributed by atoms with Crippen LogP contribution in [0.1, 0.15) is 209 Å². The van der Waals surface area contributed by atoms with Gasteiger partial charge in [-0.15, -0.1) is 0 Å². The molecule has 0 saturated heterocycles. The van der Waals surface area contributed by atoms with Crippen LogP contribution in [0.2, 0.25) is 0 Å². The fraction of sp³-hybridized carbons (Fsp3) is 0.907. The second-order valence-electron chi connectivity index (χ2n) is 14.0. The molecule has 0 aromatic heterocycles. The van der Waals surface area contributed by atoms with Gasteiger partial charge in [-0.2, -0.15) is 0 Å². The SMILES string of the molecule is CCCCCCCCCCCCC(CCC)CCCCCCCCCCCC.CCOC(=O)C(C)C(C(=O)OCC)(C(=O)OCC)C(=O)OCC. The largest absolute Gasteiger partial charge is 0.466 e. The predicted octanol–water partition coefficient (Wildman–Crippen LogP) is 11.9. The first-order chi connectivity index (χ1) is 24.7. The van der Waals surface area contributed by atoms with Gasteiger partial charge < -0.3 is 18.9 Å². The van der Waals surface area contributed by atoms with E-state index >= 15 is 0 Å². The van der Waals surface area contributed by atoms with Crippen molar-refractivity contribution in [2.75, 3.05) is 26.4 Å². The number of hydrogen-bond donors (Lipinski definition) is 0. The monoisotopic (exact) mass is 727 g/mol. The number of unbranched alkanes of at least 4 members (excludes halogenated alkanes) is 18. The number of ether oxygens (including phenoxy) is 4. The van der Waals surface area contributed by atoms with Crippen molar-refractivity contribution in [2.45, 2.75) is 209 Å². The average molecular weight is 727 g/mol. The summed E-state index contributed by atoms with van der Waals surface area (Å²) in [6.07, 6.45) is 35.3. The summed E-state index contributed by atoms with van der Waals surface area (Å²) in [6, 6.07) is 0. The molecule has 8 nitrogen and oxygen atoms in total. The highest BCUT2D eigenvalue weighted by atomic mass is 16.6. The van der Waals surface area contributed by atoms with Crippen LogP contribution in [0.5, 0.6) is 0 Å². The van der Waals surface area contributed by atoms with E-state index < -0.39 is 35.2 Å². The fourth-order valence-corrected chi connectivity index (χ4v) is 6.64. The zero-order valence-corrected chi connectivity index (χ0v) is 34.7. The van der Waals surface area contributed by atoms with Gasteiger partial charge in [-0.05, 0) is 40.5 Å². The Labute approximate surface area is 314 Å². The first-order valence-corrected chi connectivity index (χ1v) is 21.4. The Bertz CT molecular complexity index is 772. The molecule has 0 heterocycles. The highest BCUT2D eigenvalue weighted by Crippen LogP contribution is 2.34. The summed E-state index contributed by atoms with van der Waals surface area (Å²) < 4.78 is 19.4. The van der Waals surface area contributed by atoms with Crippen LogP contribution in [-0.2, 0) is 38.1 Å². The van der Waals surface area contributed by atoms with Crippen molar-refractivity contribution in [3.05, 3.63) is 0 Å². The number of esters is 4. The second-order valence-corrected chi connectivity index (χ2v) is 14.0. The summed E-state index contributed by atoms with van der Waals surface area (Å²) in [5.74, 6) is -4.92. The van der Waals surface area contributed by atoms with Gasteiger partial charge in [0.2, 0.25) is 0 Å². The van der Waals surface area contributed by atoms with E-state index in [0.717, 1.165) is 5.92 Å². The maximum absolute atomic E-state index is 12.4. The molecule has 0 aromatic carbocycles. The molecule has 0 spiro atoms. The first kappa shape index (κ1) is 51.0. The molecule has 0 bridgehead atoms. The van der Waals surface area contributed by atoms with Crippen LogP contribution in [0.25, 0.3) is 0 Å². The Balaban J connectivity index is 0. The second kappa shape index (κ2) is 36.2. The zero-order valence-electron chi connectivity index (χ0n) is 34.7. The van der Waals surface area contributed by atoms with Crippen molar-refractivity contribution < 1.29 is 38.1 Å². The topological polar surface area (TPSA) is 105 Å². The Kier molecular flexibility index (Phi) is 36.2. The highest BCUT2D eigenvalue weighted by molar-refractivity contribution is 6.20. The van der Waals surface area contributed by atoms with Crippen LogP contribution in [0.3, 0.4) is 0 Å². The van der Waals surface area contributed by atoms with Crippen molar-refractivity contribution in [2.24, 2.45) is 17.3 Å². The summed E-state index contributed by atoms with van der Waals surface area (Å²) in [4.78, 5) is 49.3. The van der Waals surface area contributed by atoms with E-state index in [9.17, 15) is 19.2 Å². The van der Waals surface area contributed by atoms with Gasteiger partial charge in [-0.3, -0.25) is 19.2 Å². The third-order valence-electron chi connectivity index (χ3n) is 9.71. The van der Waals surface area contributed by atoms with E-state index in [2.05, 4.69) is 20.8 Å². The van der Waals surface area contributed by atoms with E-state index in [1.165, 1.54) is 182 Å². The van der Waals surface area contributed by atoms with E-state index in [1.807, 2.05) is 0 Å². The third kappa shape index (κ3) is 23.9. The van der Waals surface area contributed by atoms with Crippen molar-refractivity contribution in [1.29, 1.82) is 0 Å². The lowest BCUT2D eigenvalue weighted by atomic mass is 9.75. The average Bonchev–Trinajstić information content (AvgIpc) is 3.10. The molecule has 1 atom stereocenters. The molecule has 0 aliphatic carbocycles. The molecule has 8 heteroatoms. The Morgan fingerprint density at radius 3 is 0.961 bits per heavy atom. The first-order valence-electron chi connectivity index (χ1n) is 21.4. The van der Waals surface area contributed by atoms with Gasteiger partial charge in [-0.1, -0.05) is 175 Å². The minimum atomic E-state index is -2.55. The molecule has 0 rings (SSSR count). The lowest BCUT2D eigenvalue weighted by molar-refractivity contribution is -0.193. The summed E-state index contributed by atoms with van der Waals surface area (Å²) in [5, 5.41) is 0. The summed E-state index contributed by atoms with van der Waals surface area (Å²) in [7, 11) is 0. The number of carbonyl (C=O) groups is 4. The standard InChI is InChI=1S/C28H58.C15H24O8/c1-4-7-9-11-13-15-17-19-21-23-26-28(25-6-3)27-24-22-20-18-16-14-12-10-8-5-2;1-6-20-11(16)10(5)15(12(17)21-7-2,13(18)22-8-3)14(19)23-9-4/h28H,4-27H2,1-3H3;10H,6-9H2,1-5H3. The molecular formula is C43H82O8. The van der Waals surface area contributed by atoms with Gasteiger partial charge in [0.15, 0.2) is 0 Å². The van der Waals surface area contributed by atoms with Crippen LogP contribution >= 0.6 is 0 Å². The van der Waals surface area contributed by atoms with Gasteiger partial charge in [0.1, 0.15) is 0 Å². The van der Waals surface area contributed by atoms with Gasteiger partial charge in [0.05, 0.1) is 32.3 Å². The van der Waals surface area contributed by atoms with E-state index in [-0.39, 0.29) is 26.4 Å². The number of rotatable bonds is 33. The Morgan fingerprint density at radius 1 is 0.392 bits per heavy atom. The summed E-state index contributed by atoms with van der Waals surface area (Å²) in [5.41, 5.74) is -2.55. The molecule has 0 saturated carbocycles. The molecule has 0 aromatic rings. The number of hydrogen-bond acceptors (Lipinski definition) is 8. The molecule has 0 aliphatic heterocycles. The smallest absolute Gasteiger partial charge is 0.336 e. The van der Waals surface area contributed by atoms with Crippen molar-refractivity contribution in [1.82, 2.24) is 0 Å². The Morgan fingerprint density at radius 2 is 0.686 bits per heavy atom. The predicted molar refractivity (Wildman–Crippen MR) is 209 cm³/mol. The summed E-state index contributed by atoms with van der Waals surface area (Å²) in [6.45, 7) is 14.1. The lowest BCUT2D eigenvalue weighted by Gasteiger charge is -2.30. The molecule has 302 valence electrons. The minimum Gasteiger partial charge on any atom is -0.466 e. The normalized spacial score (nSPS) is 11.8. The van der Waals surface area contributed by atoms with Crippen molar-refractivity contribution in [3.63, 3.8) is 0 Å². The van der Waals surface area contributed by atoms with E-state index in [4.69, 9.17) is 18.9 Å². The summed E-state index contributed by atoms with van der Waals surface area (Å²) >= 11 is 0. The molecule has 1 unspecified atom stereocenters. The van der Waals surface area contributed by atoms with Crippen LogP contribution < -0.4 is 0 Å². The molecule has 0 radical (unpaired) electrons. The van der Waals surface area contributed by atoms with Crippen LogP contribution in [-0.4, -0.2) is 50.3 Å². The van der Waals surface area contributed by atoms with Crippen LogP contribution in [0, 0.1) is 17.3 Å². The maximum atomic E-state index is 12.4. The molecule has 0 fully saturated rings. The lowest BCUT2D eigenvalue weighted by Crippen LogP contribution is -2.56. The van der Waals surface area contributed by atoms with Crippen molar-refractivity contribution in [3.8, 4) is 0 Å². The molecule has 0 N–H and O–H groups in total. The van der Waals surface area contributed by atoms with E-state index in [1.54, 1.807) is 6.92 Å². The zero-order chi connectivity index (χ0) is 38.6. The van der Waals surface area contributed by atoms with E-state index in [0.29, 0.717) is 0 Å². The molecule has 51 heavy (non-hydrogen) atoms. The Hall–Kier alpha value is -2.12. The van der Waals surface area contributed by atoms with Gasteiger partial charge in [-0.25, -0.2) is 0 Å². The quantitative estimate of drug-likeness (QED) is 0.0285. The number of carbonyl (C=O) groups excluding carboxylic acids is 4. The van der Waals surface area contributed by atoms with Gasteiger partial charge in [0, 0.05) is 0 Å². The molecule has 0 aliphatic rings.